The Balaban J connectivity index is 2.58. The summed E-state index contributed by atoms with van der Waals surface area (Å²) < 4.78 is 0. The second-order valence-electron chi connectivity index (χ2n) is 6.02. The maximum atomic E-state index is 4.63. The molecule has 0 amide bonds. The first-order valence-electron chi connectivity index (χ1n) is 7.76. The molecule has 0 spiro atoms. The Bertz CT molecular complexity index is 421. The number of nitrogens with one attached hydrogen (secondary N) is 2. The topological polar surface area (TPSA) is 39.7 Å². The zero-order valence-corrected chi connectivity index (χ0v) is 14.1. The van der Waals surface area contributed by atoms with Gasteiger partial charge in [-0.25, -0.2) is 4.99 Å². The van der Waals surface area contributed by atoms with Gasteiger partial charge in [0.1, 0.15) is 0 Å². The number of hydrogen-bond acceptors (Lipinski definition) is 2. The molecule has 0 unspecified atom stereocenters. The van der Waals surface area contributed by atoms with Gasteiger partial charge >= 0.3 is 0 Å². The van der Waals surface area contributed by atoms with Crippen molar-refractivity contribution < 1.29 is 0 Å². The third-order valence-electron chi connectivity index (χ3n) is 2.96. The number of nitrogens with zero attached hydrogens (tertiary/aromatic N) is 2. The molecule has 0 heterocycles. The highest BCUT2D eigenvalue weighted by molar-refractivity contribution is 5.79. The van der Waals surface area contributed by atoms with E-state index in [2.05, 4.69) is 79.7 Å². The van der Waals surface area contributed by atoms with Crippen LogP contribution in [0, 0.1) is 5.92 Å². The highest BCUT2D eigenvalue weighted by Crippen LogP contribution is 2.07. The standard InChI is InChI=1S/C17H30N4/c1-6-18-17(19-11-14(2)3)20-12-15-7-9-16(10-8-15)13-21(4)5/h7-10,14H,6,11-13H2,1-5H3,(H2,18,19,20). The van der Waals surface area contributed by atoms with Gasteiger partial charge in [-0.1, -0.05) is 38.1 Å². The van der Waals surface area contributed by atoms with E-state index in [1.165, 1.54) is 11.1 Å². The van der Waals surface area contributed by atoms with E-state index in [1.54, 1.807) is 0 Å². The lowest BCUT2D eigenvalue weighted by atomic mass is 10.1. The van der Waals surface area contributed by atoms with Gasteiger partial charge in [-0.2, -0.15) is 0 Å². The van der Waals surface area contributed by atoms with Crippen LogP contribution in [0.15, 0.2) is 29.3 Å². The zero-order valence-electron chi connectivity index (χ0n) is 14.1. The van der Waals surface area contributed by atoms with Crippen molar-refractivity contribution in [3.05, 3.63) is 35.4 Å². The molecule has 0 radical (unpaired) electrons. The minimum atomic E-state index is 0.610. The van der Waals surface area contributed by atoms with Gasteiger partial charge in [0, 0.05) is 19.6 Å². The quantitative estimate of drug-likeness (QED) is 0.598. The molecule has 2 N–H and O–H groups in total. The Morgan fingerprint density at radius 3 is 2.24 bits per heavy atom. The van der Waals surface area contributed by atoms with Crippen molar-refractivity contribution in [2.24, 2.45) is 10.9 Å². The minimum Gasteiger partial charge on any atom is -0.357 e. The highest BCUT2D eigenvalue weighted by atomic mass is 15.2. The van der Waals surface area contributed by atoms with Gasteiger partial charge in [-0.05, 0) is 38.1 Å². The molecule has 0 bridgehead atoms. The average Bonchev–Trinajstić information content (AvgIpc) is 2.43. The third-order valence-corrected chi connectivity index (χ3v) is 2.96. The van der Waals surface area contributed by atoms with E-state index < -0.39 is 0 Å². The molecule has 4 heteroatoms. The van der Waals surface area contributed by atoms with Gasteiger partial charge in [-0.15, -0.1) is 0 Å². The molecule has 0 saturated heterocycles. The van der Waals surface area contributed by atoms with Crippen LogP contribution in [0.2, 0.25) is 0 Å². The van der Waals surface area contributed by atoms with E-state index in [-0.39, 0.29) is 0 Å². The predicted molar refractivity (Wildman–Crippen MR) is 91.5 cm³/mol. The Hall–Kier alpha value is -1.55. The lowest BCUT2D eigenvalue weighted by Gasteiger charge is -2.13. The summed E-state index contributed by atoms with van der Waals surface area (Å²) in [7, 11) is 4.17. The summed E-state index contributed by atoms with van der Waals surface area (Å²) in [6.07, 6.45) is 0. The van der Waals surface area contributed by atoms with Crippen LogP contribution in [-0.4, -0.2) is 38.0 Å². The van der Waals surface area contributed by atoms with Crippen LogP contribution in [0.5, 0.6) is 0 Å². The molecular weight excluding hydrogens is 260 g/mol. The lowest BCUT2D eigenvalue weighted by Crippen LogP contribution is -2.39. The molecule has 0 aliphatic heterocycles. The fraction of sp³-hybridized carbons (Fsp3) is 0.588. The van der Waals surface area contributed by atoms with E-state index in [4.69, 9.17) is 0 Å². The smallest absolute Gasteiger partial charge is 0.191 e. The molecule has 0 aliphatic rings. The normalized spacial score (nSPS) is 12.0. The van der Waals surface area contributed by atoms with Crippen molar-refractivity contribution in [3.8, 4) is 0 Å². The van der Waals surface area contributed by atoms with E-state index >= 15 is 0 Å². The summed E-state index contributed by atoms with van der Waals surface area (Å²) in [5, 5.41) is 6.64. The van der Waals surface area contributed by atoms with E-state index in [9.17, 15) is 0 Å². The number of guanidine groups is 1. The fourth-order valence-electron chi connectivity index (χ4n) is 1.93. The number of benzene rings is 1. The molecule has 0 atom stereocenters. The Kier molecular flexibility index (Phi) is 7.83. The third kappa shape index (κ3) is 7.71. The van der Waals surface area contributed by atoms with Crippen LogP contribution in [0.4, 0.5) is 0 Å². The Morgan fingerprint density at radius 2 is 1.71 bits per heavy atom. The second-order valence-corrected chi connectivity index (χ2v) is 6.02. The fourth-order valence-corrected chi connectivity index (χ4v) is 1.93. The second kappa shape index (κ2) is 9.40. The van der Waals surface area contributed by atoms with Gasteiger partial charge in [0.05, 0.1) is 6.54 Å². The Morgan fingerprint density at radius 1 is 1.10 bits per heavy atom. The van der Waals surface area contributed by atoms with Gasteiger partial charge in [-0.3, -0.25) is 0 Å². The van der Waals surface area contributed by atoms with Crippen LogP contribution in [0.3, 0.4) is 0 Å². The van der Waals surface area contributed by atoms with Crippen LogP contribution < -0.4 is 10.6 Å². The summed E-state index contributed by atoms with van der Waals surface area (Å²) >= 11 is 0. The molecule has 0 saturated carbocycles. The molecule has 1 aromatic rings. The van der Waals surface area contributed by atoms with E-state index in [1.807, 2.05) is 0 Å². The molecule has 0 aliphatic carbocycles. The molecule has 118 valence electrons. The summed E-state index contributed by atoms with van der Waals surface area (Å²) in [6, 6.07) is 8.68. The molecule has 1 rings (SSSR count). The molecule has 0 aromatic heterocycles. The van der Waals surface area contributed by atoms with Crippen LogP contribution in [0.1, 0.15) is 31.9 Å². The molecule has 1 aromatic carbocycles. The molecule has 21 heavy (non-hydrogen) atoms. The summed E-state index contributed by atoms with van der Waals surface area (Å²) in [4.78, 5) is 6.80. The number of aliphatic imine (C=N–C) groups is 1. The summed E-state index contributed by atoms with van der Waals surface area (Å²) in [5.41, 5.74) is 2.57. The van der Waals surface area contributed by atoms with Crippen molar-refractivity contribution in [1.82, 2.24) is 15.5 Å². The summed E-state index contributed by atoms with van der Waals surface area (Å²) in [5.74, 6) is 1.50. The largest absolute Gasteiger partial charge is 0.357 e. The van der Waals surface area contributed by atoms with Crippen molar-refractivity contribution in [3.63, 3.8) is 0 Å². The van der Waals surface area contributed by atoms with E-state index in [0.29, 0.717) is 12.5 Å². The zero-order chi connectivity index (χ0) is 15.7. The van der Waals surface area contributed by atoms with Gasteiger partial charge in [0.15, 0.2) is 5.96 Å². The SMILES string of the molecule is CCNC(=NCc1ccc(CN(C)C)cc1)NCC(C)C. The first-order chi connectivity index (χ1) is 10.0. The first kappa shape index (κ1) is 17.5. The lowest BCUT2D eigenvalue weighted by molar-refractivity contribution is 0.402. The predicted octanol–water partition coefficient (Wildman–Crippen LogP) is 2.46. The van der Waals surface area contributed by atoms with Crippen molar-refractivity contribution in [2.75, 3.05) is 27.2 Å². The van der Waals surface area contributed by atoms with Gasteiger partial charge in [0.2, 0.25) is 0 Å². The Labute approximate surface area is 129 Å². The first-order valence-corrected chi connectivity index (χ1v) is 7.76. The van der Waals surface area contributed by atoms with Gasteiger partial charge in [0.25, 0.3) is 0 Å². The van der Waals surface area contributed by atoms with Crippen LogP contribution in [0.25, 0.3) is 0 Å². The van der Waals surface area contributed by atoms with Crippen molar-refractivity contribution in [2.45, 2.75) is 33.9 Å². The number of hydrogen-bond donors (Lipinski definition) is 2. The van der Waals surface area contributed by atoms with E-state index in [0.717, 1.165) is 25.6 Å². The average molecular weight is 290 g/mol. The van der Waals surface area contributed by atoms with Gasteiger partial charge < -0.3 is 15.5 Å². The van der Waals surface area contributed by atoms with Crippen molar-refractivity contribution in [1.29, 1.82) is 0 Å². The van der Waals surface area contributed by atoms with Crippen LogP contribution in [-0.2, 0) is 13.1 Å². The molecule has 4 nitrogen and oxygen atoms in total. The maximum Gasteiger partial charge on any atom is 0.191 e. The van der Waals surface area contributed by atoms with Crippen LogP contribution >= 0.6 is 0 Å². The molecular formula is C17H30N4. The number of rotatable bonds is 7. The molecule has 0 fully saturated rings. The highest BCUT2D eigenvalue weighted by Gasteiger charge is 2.00. The monoisotopic (exact) mass is 290 g/mol. The summed E-state index contributed by atoms with van der Waals surface area (Å²) in [6.45, 7) is 9.97. The minimum absolute atomic E-state index is 0.610. The maximum absolute atomic E-state index is 4.63. The van der Waals surface area contributed by atoms with Crippen molar-refractivity contribution >= 4 is 5.96 Å².